The maximum Gasteiger partial charge on any atom is 0.134 e. The van der Waals surface area contributed by atoms with Gasteiger partial charge < -0.3 is 9.15 Å². The van der Waals surface area contributed by atoms with Gasteiger partial charge in [-0.15, -0.1) is 0 Å². The van der Waals surface area contributed by atoms with Crippen LogP contribution in [0.1, 0.15) is 29.9 Å². The lowest BCUT2D eigenvalue weighted by Crippen LogP contribution is -2.08. The second-order valence-corrected chi connectivity index (χ2v) is 5.14. The Morgan fingerprint density at radius 1 is 1.33 bits per heavy atom. The van der Waals surface area contributed by atoms with E-state index in [0.29, 0.717) is 5.92 Å². The number of aryl methyl sites for hydroxylation is 1. The Bertz CT molecular complexity index is 665. The Morgan fingerprint density at radius 3 is 3.11 bits per heavy atom. The molecule has 18 heavy (non-hydrogen) atoms. The first-order chi connectivity index (χ1) is 8.88. The van der Waals surface area contributed by atoms with Gasteiger partial charge in [0.15, 0.2) is 0 Å². The molecular weight excluding hydrogens is 226 g/mol. The van der Waals surface area contributed by atoms with E-state index in [9.17, 15) is 0 Å². The molecule has 1 aliphatic carbocycles. The minimum Gasteiger partial charge on any atom is -0.493 e. The molecule has 2 atom stereocenters. The van der Waals surface area contributed by atoms with E-state index < -0.39 is 0 Å². The van der Waals surface area contributed by atoms with Crippen molar-refractivity contribution < 1.29 is 9.15 Å². The van der Waals surface area contributed by atoms with Gasteiger partial charge in [0.05, 0.1) is 24.9 Å². The summed E-state index contributed by atoms with van der Waals surface area (Å²) >= 11 is 0. The fraction of sp³-hybridized carbons (Fsp3) is 0.400. The number of hydrogen-bond donors (Lipinski definition) is 0. The summed E-state index contributed by atoms with van der Waals surface area (Å²) in [7, 11) is 0. The molecule has 2 aromatic rings. The second kappa shape index (κ2) is 3.52. The van der Waals surface area contributed by atoms with E-state index in [1.54, 1.807) is 0 Å². The van der Waals surface area contributed by atoms with Crippen molar-refractivity contribution in [3.05, 3.63) is 29.5 Å². The average molecular weight is 239 g/mol. The molecule has 1 saturated carbocycles. The lowest BCUT2D eigenvalue weighted by atomic mass is 9.97. The number of benzene rings is 1. The van der Waals surface area contributed by atoms with E-state index in [-0.39, 0.29) is 5.92 Å². The topological polar surface area (TPSA) is 46.2 Å². The zero-order valence-electron chi connectivity index (χ0n) is 9.98. The van der Waals surface area contributed by atoms with Gasteiger partial charge in [-0.3, -0.25) is 0 Å². The SMILES string of the molecule is N#CC1CC1c1coc2ccc3c(c12)CCCO3. The largest absolute Gasteiger partial charge is 0.493 e. The molecule has 1 aromatic carbocycles. The molecule has 2 aliphatic rings. The molecule has 0 bridgehead atoms. The summed E-state index contributed by atoms with van der Waals surface area (Å²) in [6.07, 6.45) is 4.91. The summed E-state index contributed by atoms with van der Waals surface area (Å²) in [5.41, 5.74) is 3.41. The Balaban J connectivity index is 1.92. The normalized spacial score (nSPS) is 25.3. The summed E-state index contributed by atoms with van der Waals surface area (Å²) in [6, 6.07) is 6.33. The molecule has 4 rings (SSSR count). The molecule has 1 fully saturated rings. The molecule has 3 heteroatoms. The quantitative estimate of drug-likeness (QED) is 0.766. The van der Waals surface area contributed by atoms with E-state index in [1.807, 2.05) is 18.4 Å². The van der Waals surface area contributed by atoms with Crippen LogP contribution in [0, 0.1) is 17.2 Å². The van der Waals surface area contributed by atoms with E-state index >= 15 is 0 Å². The summed E-state index contributed by atoms with van der Waals surface area (Å²) in [6.45, 7) is 0.802. The fourth-order valence-electron chi connectivity index (χ4n) is 2.98. The number of hydrogen-bond acceptors (Lipinski definition) is 3. The third-order valence-electron chi connectivity index (χ3n) is 4.02. The van der Waals surface area contributed by atoms with Crippen molar-refractivity contribution in [2.24, 2.45) is 5.92 Å². The predicted molar refractivity (Wildman–Crippen MR) is 66.5 cm³/mol. The molecule has 2 heterocycles. The van der Waals surface area contributed by atoms with Gasteiger partial charge in [-0.1, -0.05) is 0 Å². The Hall–Kier alpha value is -1.95. The van der Waals surface area contributed by atoms with E-state index in [1.165, 1.54) is 16.5 Å². The summed E-state index contributed by atoms with van der Waals surface area (Å²) in [5, 5.41) is 10.2. The van der Waals surface area contributed by atoms with Crippen LogP contribution in [-0.2, 0) is 6.42 Å². The number of fused-ring (bicyclic) bond motifs is 3. The first-order valence-corrected chi connectivity index (χ1v) is 6.44. The Labute approximate surface area is 105 Å². The van der Waals surface area contributed by atoms with Crippen molar-refractivity contribution >= 4 is 11.0 Å². The first kappa shape index (κ1) is 10.0. The van der Waals surface area contributed by atoms with E-state index in [0.717, 1.165) is 37.2 Å². The molecule has 3 nitrogen and oxygen atoms in total. The van der Waals surface area contributed by atoms with Gasteiger partial charge in [0, 0.05) is 22.4 Å². The molecule has 0 amide bonds. The maximum atomic E-state index is 8.98. The highest BCUT2D eigenvalue weighted by molar-refractivity contribution is 5.88. The van der Waals surface area contributed by atoms with Crippen LogP contribution in [0.15, 0.2) is 22.8 Å². The first-order valence-electron chi connectivity index (χ1n) is 6.44. The van der Waals surface area contributed by atoms with Crippen molar-refractivity contribution in [2.75, 3.05) is 6.61 Å². The van der Waals surface area contributed by atoms with Gasteiger partial charge in [-0.05, 0) is 31.4 Å². The molecule has 1 aliphatic heterocycles. The van der Waals surface area contributed by atoms with Crippen LogP contribution in [0.2, 0.25) is 0 Å². The maximum absolute atomic E-state index is 8.98. The average Bonchev–Trinajstić information content (AvgIpc) is 3.08. The lowest BCUT2D eigenvalue weighted by molar-refractivity contribution is 0.289. The second-order valence-electron chi connectivity index (χ2n) is 5.14. The number of nitriles is 1. The van der Waals surface area contributed by atoms with Crippen LogP contribution in [0.3, 0.4) is 0 Å². The number of furan rings is 1. The van der Waals surface area contributed by atoms with Crippen molar-refractivity contribution in [1.82, 2.24) is 0 Å². The third kappa shape index (κ3) is 1.29. The van der Waals surface area contributed by atoms with Gasteiger partial charge in [0.25, 0.3) is 0 Å². The minimum absolute atomic E-state index is 0.172. The van der Waals surface area contributed by atoms with Crippen LogP contribution in [-0.4, -0.2) is 6.61 Å². The van der Waals surface area contributed by atoms with Crippen LogP contribution >= 0.6 is 0 Å². The number of ether oxygens (including phenoxy) is 1. The van der Waals surface area contributed by atoms with Crippen LogP contribution < -0.4 is 4.74 Å². The lowest BCUT2D eigenvalue weighted by Gasteiger charge is -2.18. The van der Waals surface area contributed by atoms with Crippen molar-refractivity contribution in [3.63, 3.8) is 0 Å². The summed E-state index contributed by atoms with van der Waals surface area (Å²) in [5.74, 6) is 1.53. The molecule has 0 spiro atoms. The van der Waals surface area contributed by atoms with Gasteiger partial charge in [0.1, 0.15) is 11.3 Å². The van der Waals surface area contributed by atoms with Gasteiger partial charge in [0.2, 0.25) is 0 Å². The van der Waals surface area contributed by atoms with Crippen molar-refractivity contribution in [2.45, 2.75) is 25.2 Å². The highest BCUT2D eigenvalue weighted by atomic mass is 16.5. The highest BCUT2D eigenvalue weighted by Crippen LogP contribution is 2.51. The molecule has 90 valence electrons. The molecule has 0 saturated heterocycles. The molecule has 2 unspecified atom stereocenters. The molecule has 0 N–H and O–H groups in total. The molecule has 0 radical (unpaired) electrons. The van der Waals surface area contributed by atoms with Gasteiger partial charge in [-0.25, -0.2) is 0 Å². The highest BCUT2D eigenvalue weighted by Gasteiger charge is 2.41. The van der Waals surface area contributed by atoms with Gasteiger partial charge in [-0.2, -0.15) is 5.26 Å². The van der Waals surface area contributed by atoms with Crippen molar-refractivity contribution in [1.29, 1.82) is 5.26 Å². The molecule has 1 aromatic heterocycles. The number of nitrogens with zero attached hydrogens (tertiary/aromatic N) is 1. The van der Waals surface area contributed by atoms with Crippen LogP contribution in [0.4, 0.5) is 0 Å². The van der Waals surface area contributed by atoms with Crippen LogP contribution in [0.25, 0.3) is 11.0 Å². The van der Waals surface area contributed by atoms with Crippen molar-refractivity contribution in [3.8, 4) is 11.8 Å². The third-order valence-corrected chi connectivity index (χ3v) is 4.02. The predicted octanol–water partition coefficient (Wildman–Crippen LogP) is 3.38. The van der Waals surface area contributed by atoms with Crippen LogP contribution in [0.5, 0.6) is 5.75 Å². The Kier molecular flexibility index (Phi) is 1.96. The zero-order chi connectivity index (χ0) is 12.1. The summed E-state index contributed by atoms with van der Waals surface area (Å²) < 4.78 is 11.3. The van der Waals surface area contributed by atoms with E-state index in [4.69, 9.17) is 14.4 Å². The standard InChI is InChI=1S/C15H13NO2/c16-7-9-6-11(9)12-8-18-14-4-3-13-10(15(12)14)2-1-5-17-13/h3-4,8-9,11H,1-2,5-6H2. The molecular formula is C15H13NO2. The smallest absolute Gasteiger partial charge is 0.134 e. The number of rotatable bonds is 1. The Morgan fingerprint density at radius 2 is 2.28 bits per heavy atom. The van der Waals surface area contributed by atoms with Gasteiger partial charge >= 0.3 is 0 Å². The van der Waals surface area contributed by atoms with E-state index in [2.05, 4.69) is 6.07 Å². The monoisotopic (exact) mass is 239 g/mol. The zero-order valence-corrected chi connectivity index (χ0v) is 9.98. The fourth-order valence-corrected chi connectivity index (χ4v) is 2.98. The minimum atomic E-state index is 0.172. The summed E-state index contributed by atoms with van der Waals surface area (Å²) in [4.78, 5) is 0.